The highest BCUT2D eigenvalue weighted by atomic mass is 79.9. The van der Waals surface area contributed by atoms with E-state index in [1.165, 1.54) is 0 Å². The van der Waals surface area contributed by atoms with E-state index >= 15 is 0 Å². The van der Waals surface area contributed by atoms with Gasteiger partial charge in [-0.1, -0.05) is 46.3 Å². The Morgan fingerprint density at radius 3 is 2.50 bits per heavy atom. The van der Waals surface area contributed by atoms with Gasteiger partial charge in [-0.2, -0.15) is 0 Å². The van der Waals surface area contributed by atoms with E-state index < -0.39 is 0 Å². The minimum atomic E-state index is -0.309. The Hall–Kier alpha value is -0.930. The first-order valence-electron chi connectivity index (χ1n) is 6.91. The van der Waals surface area contributed by atoms with Crippen LogP contribution in [0.5, 0.6) is 0 Å². The molecule has 1 aromatic rings. The molecule has 0 spiro atoms. The number of Topliss-reactive ketones (excluding diaryl/α,β-unsaturated/α-hetero) is 1. The van der Waals surface area contributed by atoms with Gasteiger partial charge >= 0.3 is 0 Å². The van der Waals surface area contributed by atoms with Gasteiger partial charge in [0.15, 0.2) is 5.78 Å². The minimum Gasteiger partial charge on any atom is -0.377 e. The van der Waals surface area contributed by atoms with Crippen molar-refractivity contribution in [1.82, 2.24) is 0 Å². The number of methoxy groups -OCH3 is 1. The quantitative estimate of drug-likeness (QED) is 0.768. The zero-order valence-corrected chi connectivity index (χ0v) is 13.9. The number of carbonyl (C=O) groups is 1. The van der Waals surface area contributed by atoms with Crippen LogP contribution in [0.2, 0.25) is 0 Å². The summed E-state index contributed by atoms with van der Waals surface area (Å²) in [4.78, 5) is 12.3. The summed E-state index contributed by atoms with van der Waals surface area (Å²) in [6.07, 6.45) is 1.45. The van der Waals surface area contributed by atoms with Gasteiger partial charge in [0.25, 0.3) is 0 Å². The molecule has 0 N–H and O–H groups in total. The molecule has 2 nitrogen and oxygen atoms in total. The van der Waals surface area contributed by atoms with Crippen LogP contribution in [0.15, 0.2) is 35.9 Å². The third kappa shape index (κ3) is 2.89. The van der Waals surface area contributed by atoms with Gasteiger partial charge in [0, 0.05) is 18.9 Å². The highest BCUT2D eigenvalue weighted by Crippen LogP contribution is 2.40. The lowest BCUT2D eigenvalue weighted by Crippen LogP contribution is -2.41. The number of hydrogen-bond acceptors (Lipinski definition) is 2. The van der Waals surface area contributed by atoms with E-state index in [4.69, 9.17) is 4.74 Å². The number of alkyl halides is 1. The van der Waals surface area contributed by atoms with Crippen molar-refractivity contribution < 1.29 is 9.53 Å². The molecule has 0 amide bonds. The monoisotopic (exact) mass is 336 g/mol. The Morgan fingerprint density at radius 1 is 1.30 bits per heavy atom. The van der Waals surface area contributed by atoms with Crippen molar-refractivity contribution in [3.8, 4) is 0 Å². The molecule has 0 fully saturated rings. The molecule has 1 aromatic carbocycles. The van der Waals surface area contributed by atoms with E-state index in [9.17, 15) is 4.79 Å². The Bertz CT molecular complexity index is 515. The highest BCUT2D eigenvalue weighted by Gasteiger charge is 2.38. The van der Waals surface area contributed by atoms with Gasteiger partial charge in [-0.25, -0.2) is 0 Å². The van der Waals surface area contributed by atoms with Crippen LogP contribution in [0.4, 0.5) is 0 Å². The lowest BCUT2D eigenvalue weighted by molar-refractivity contribution is -0.119. The van der Waals surface area contributed by atoms with E-state index in [-0.39, 0.29) is 17.3 Å². The molecule has 1 aliphatic carbocycles. The Balaban J connectivity index is 2.37. The van der Waals surface area contributed by atoms with Gasteiger partial charge < -0.3 is 4.74 Å². The van der Waals surface area contributed by atoms with Crippen LogP contribution in [-0.2, 0) is 9.53 Å². The molecule has 108 valence electrons. The van der Waals surface area contributed by atoms with Crippen molar-refractivity contribution in [1.29, 1.82) is 0 Å². The van der Waals surface area contributed by atoms with Gasteiger partial charge in [0.1, 0.15) is 0 Å². The molecular weight excluding hydrogens is 316 g/mol. The summed E-state index contributed by atoms with van der Waals surface area (Å²) in [5, 5.41) is 0.732. The summed E-state index contributed by atoms with van der Waals surface area (Å²) >= 11 is 3.53. The molecule has 0 heterocycles. The lowest BCUT2D eigenvalue weighted by atomic mass is 9.74. The molecular formula is C17H21BrO2. The van der Waals surface area contributed by atoms with Crippen LogP contribution < -0.4 is 0 Å². The molecule has 0 radical (unpaired) electrons. The topological polar surface area (TPSA) is 26.3 Å². The summed E-state index contributed by atoms with van der Waals surface area (Å²) < 4.78 is 5.67. The summed E-state index contributed by atoms with van der Waals surface area (Å²) in [7, 11) is 1.72. The normalized spacial score (nSPS) is 22.8. The lowest BCUT2D eigenvalue weighted by Gasteiger charge is -2.38. The largest absolute Gasteiger partial charge is 0.377 e. The van der Waals surface area contributed by atoms with E-state index in [2.05, 4.69) is 35.0 Å². The van der Waals surface area contributed by atoms with E-state index in [1.807, 2.05) is 25.1 Å². The third-order valence-corrected chi connectivity index (χ3v) is 5.58. The average molecular weight is 337 g/mol. The SMILES string of the molecule is CO[C@](C)(CBr)[C@H]1CC(=O)C(C)=C(c2ccccc2)C1. The summed E-state index contributed by atoms with van der Waals surface area (Å²) in [6, 6.07) is 10.2. The average Bonchev–Trinajstić information content (AvgIpc) is 2.50. The standard InChI is InChI=1S/C17H21BrO2/c1-12-15(13-7-5-4-6-8-13)9-14(10-16(12)19)17(2,11-18)20-3/h4-8,14H,9-11H2,1-3H3/t14-,17-/m1/s1. The number of allylic oxidation sites excluding steroid dienone is 2. The highest BCUT2D eigenvalue weighted by molar-refractivity contribution is 9.09. The molecule has 3 heteroatoms. The molecule has 0 unspecified atom stereocenters. The molecule has 20 heavy (non-hydrogen) atoms. The molecule has 2 rings (SSSR count). The van der Waals surface area contributed by atoms with E-state index in [0.717, 1.165) is 28.5 Å². The van der Waals surface area contributed by atoms with E-state index in [1.54, 1.807) is 7.11 Å². The predicted molar refractivity (Wildman–Crippen MR) is 86.0 cm³/mol. The summed E-state index contributed by atoms with van der Waals surface area (Å²) in [5.41, 5.74) is 2.91. The van der Waals surface area contributed by atoms with E-state index in [0.29, 0.717) is 6.42 Å². The maximum atomic E-state index is 12.3. The zero-order chi connectivity index (χ0) is 14.8. The maximum Gasteiger partial charge on any atom is 0.159 e. The molecule has 0 saturated carbocycles. The molecule has 0 aliphatic heterocycles. The van der Waals surface area contributed by atoms with Gasteiger partial charge in [0.05, 0.1) is 5.60 Å². The fraction of sp³-hybridized carbons (Fsp3) is 0.471. The first kappa shape index (κ1) is 15.5. The van der Waals surface area contributed by atoms with Crippen molar-refractivity contribution in [3.63, 3.8) is 0 Å². The maximum absolute atomic E-state index is 12.3. The number of halogens is 1. The number of ketones is 1. The molecule has 1 aliphatic rings. The predicted octanol–water partition coefficient (Wildman–Crippen LogP) is 4.24. The smallest absolute Gasteiger partial charge is 0.159 e. The Kier molecular flexibility index (Phi) is 4.82. The van der Waals surface area contributed by atoms with Gasteiger partial charge in [-0.05, 0) is 42.9 Å². The van der Waals surface area contributed by atoms with Crippen LogP contribution >= 0.6 is 15.9 Å². The van der Waals surface area contributed by atoms with Crippen molar-refractivity contribution in [2.75, 3.05) is 12.4 Å². The second-order valence-electron chi connectivity index (χ2n) is 5.65. The fourth-order valence-corrected chi connectivity index (χ4v) is 3.44. The number of hydrogen-bond donors (Lipinski definition) is 0. The number of rotatable bonds is 4. The van der Waals surface area contributed by atoms with Gasteiger partial charge in [-0.3, -0.25) is 4.79 Å². The van der Waals surface area contributed by atoms with Gasteiger partial charge in [0.2, 0.25) is 0 Å². The fourth-order valence-electron chi connectivity index (χ4n) is 2.75. The van der Waals surface area contributed by atoms with Crippen molar-refractivity contribution in [2.24, 2.45) is 5.92 Å². The Morgan fingerprint density at radius 2 is 1.95 bits per heavy atom. The molecule has 0 saturated heterocycles. The van der Waals surface area contributed by atoms with Crippen LogP contribution in [0.25, 0.3) is 5.57 Å². The second-order valence-corrected chi connectivity index (χ2v) is 6.21. The Labute approximate surface area is 129 Å². The third-order valence-electron chi connectivity index (χ3n) is 4.47. The van der Waals surface area contributed by atoms with Crippen LogP contribution in [-0.4, -0.2) is 23.8 Å². The number of carbonyl (C=O) groups excluding carboxylic acids is 1. The van der Waals surface area contributed by atoms with Crippen molar-refractivity contribution in [3.05, 3.63) is 41.5 Å². The number of benzene rings is 1. The van der Waals surface area contributed by atoms with Crippen molar-refractivity contribution in [2.45, 2.75) is 32.3 Å². The van der Waals surface area contributed by atoms with Crippen LogP contribution in [0.1, 0.15) is 32.3 Å². The molecule has 0 bridgehead atoms. The van der Waals surface area contributed by atoms with Gasteiger partial charge in [-0.15, -0.1) is 0 Å². The minimum absolute atomic E-state index is 0.207. The summed E-state index contributed by atoms with van der Waals surface area (Å²) in [6.45, 7) is 4.02. The van der Waals surface area contributed by atoms with Crippen LogP contribution in [0, 0.1) is 5.92 Å². The van der Waals surface area contributed by atoms with Crippen LogP contribution in [0.3, 0.4) is 0 Å². The molecule has 0 aromatic heterocycles. The molecule has 2 atom stereocenters. The zero-order valence-electron chi connectivity index (χ0n) is 12.3. The first-order chi connectivity index (χ1) is 9.51. The summed E-state index contributed by atoms with van der Waals surface area (Å²) in [5.74, 6) is 0.447. The van der Waals surface area contributed by atoms with Crippen molar-refractivity contribution >= 4 is 27.3 Å². The second kappa shape index (κ2) is 6.23. The first-order valence-corrected chi connectivity index (χ1v) is 8.03. The number of ether oxygens (including phenoxy) is 1.